The minimum atomic E-state index is -0.675. The molecular formula is C23H24N2O5. The molecule has 3 amide bonds. The summed E-state index contributed by atoms with van der Waals surface area (Å²) in [6, 6.07) is 12.3. The maximum atomic E-state index is 13.0. The van der Waals surface area contributed by atoms with Gasteiger partial charge in [-0.25, -0.2) is 4.90 Å². The number of ether oxygens (including phenoxy) is 2. The van der Waals surface area contributed by atoms with Crippen LogP contribution in [0.25, 0.3) is 6.08 Å². The van der Waals surface area contributed by atoms with Crippen LogP contribution in [0.3, 0.4) is 0 Å². The molecule has 1 aliphatic heterocycles. The predicted octanol–water partition coefficient (Wildman–Crippen LogP) is 2.90. The average molecular weight is 408 g/mol. The van der Waals surface area contributed by atoms with Crippen LogP contribution in [0, 0.1) is 0 Å². The van der Waals surface area contributed by atoms with Crippen molar-refractivity contribution in [3.8, 4) is 11.5 Å². The number of nitrogens with one attached hydrogen (secondary N) is 1. The third-order valence-corrected chi connectivity index (χ3v) is 4.88. The topological polar surface area (TPSA) is 84.9 Å². The normalized spacial score (nSPS) is 15.2. The lowest BCUT2D eigenvalue weighted by Crippen LogP contribution is -2.35. The van der Waals surface area contributed by atoms with Crippen LogP contribution in [0.5, 0.6) is 11.5 Å². The van der Waals surface area contributed by atoms with Gasteiger partial charge in [0.05, 0.1) is 25.8 Å². The first-order valence-electron chi connectivity index (χ1n) is 9.63. The smallest absolute Gasteiger partial charge is 0.257 e. The monoisotopic (exact) mass is 408 g/mol. The fourth-order valence-corrected chi connectivity index (χ4v) is 3.47. The Balaban J connectivity index is 1.84. The van der Waals surface area contributed by atoms with Crippen molar-refractivity contribution in [3.05, 3.63) is 59.7 Å². The first kappa shape index (κ1) is 21.1. The molecule has 7 heteroatoms. The van der Waals surface area contributed by atoms with Crippen LogP contribution in [-0.4, -0.2) is 38.5 Å². The number of benzene rings is 2. The van der Waals surface area contributed by atoms with Crippen LogP contribution in [0.15, 0.2) is 48.5 Å². The summed E-state index contributed by atoms with van der Waals surface area (Å²) in [5, 5.41) is 2.70. The lowest BCUT2D eigenvalue weighted by Gasteiger charge is -2.14. The Kier molecular flexibility index (Phi) is 6.51. The first-order valence-corrected chi connectivity index (χ1v) is 9.63. The number of rotatable bonds is 7. The van der Waals surface area contributed by atoms with Gasteiger partial charge in [-0.1, -0.05) is 24.3 Å². The van der Waals surface area contributed by atoms with Gasteiger partial charge in [-0.2, -0.15) is 0 Å². The average Bonchev–Trinajstić information content (AvgIpc) is 3.03. The second-order valence-corrected chi connectivity index (χ2v) is 6.73. The molecule has 30 heavy (non-hydrogen) atoms. The molecule has 1 unspecified atom stereocenters. The molecule has 0 saturated carbocycles. The number of amides is 3. The van der Waals surface area contributed by atoms with E-state index in [1.807, 2.05) is 6.92 Å². The number of hydrogen-bond donors (Lipinski definition) is 1. The predicted molar refractivity (Wildman–Crippen MR) is 114 cm³/mol. The van der Waals surface area contributed by atoms with Crippen molar-refractivity contribution in [2.24, 2.45) is 0 Å². The Morgan fingerprint density at radius 1 is 1.10 bits per heavy atom. The second kappa shape index (κ2) is 9.26. The van der Waals surface area contributed by atoms with E-state index in [4.69, 9.17) is 9.47 Å². The van der Waals surface area contributed by atoms with Gasteiger partial charge in [0, 0.05) is 19.0 Å². The summed E-state index contributed by atoms with van der Waals surface area (Å²) in [6.07, 6.45) is 2.95. The van der Waals surface area contributed by atoms with Crippen LogP contribution >= 0.6 is 0 Å². The van der Waals surface area contributed by atoms with E-state index in [2.05, 4.69) is 5.32 Å². The van der Waals surface area contributed by atoms with E-state index in [1.165, 1.54) is 13.2 Å². The lowest BCUT2D eigenvalue weighted by molar-refractivity contribution is -0.128. The van der Waals surface area contributed by atoms with Crippen molar-refractivity contribution >= 4 is 29.5 Å². The number of hydrogen-bond acceptors (Lipinski definition) is 5. The van der Waals surface area contributed by atoms with Crippen LogP contribution < -0.4 is 19.7 Å². The number of anilines is 1. The van der Waals surface area contributed by atoms with Crippen molar-refractivity contribution in [1.82, 2.24) is 5.32 Å². The van der Waals surface area contributed by atoms with E-state index in [-0.39, 0.29) is 12.3 Å². The van der Waals surface area contributed by atoms with E-state index in [9.17, 15) is 14.4 Å². The summed E-state index contributed by atoms with van der Waals surface area (Å²) >= 11 is 0. The molecule has 1 N–H and O–H groups in total. The number of carbonyl (C=O) groups is 3. The van der Waals surface area contributed by atoms with Gasteiger partial charge in [-0.15, -0.1) is 0 Å². The van der Waals surface area contributed by atoms with Crippen molar-refractivity contribution in [2.45, 2.75) is 19.3 Å². The van der Waals surface area contributed by atoms with E-state index < -0.39 is 17.7 Å². The highest BCUT2D eigenvalue weighted by molar-refractivity contribution is 6.25. The van der Waals surface area contributed by atoms with Crippen LogP contribution in [0.1, 0.15) is 30.4 Å². The molecule has 156 valence electrons. The number of fused-ring (bicyclic) bond motifs is 1. The summed E-state index contributed by atoms with van der Waals surface area (Å²) < 4.78 is 10.5. The van der Waals surface area contributed by atoms with Gasteiger partial charge in [0.25, 0.3) is 5.91 Å². The van der Waals surface area contributed by atoms with Crippen molar-refractivity contribution < 1.29 is 23.9 Å². The molecule has 0 aliphatic carbocycles. The molecule has 3 rings (SSSR count). The van der Waals surface area contributed by atoms with Gasteiger partial charge < -0.3 is 14.8 Å². The highest BCUT2D eigenvalue weighted by Crippen LogP contribution is 2.39. The SMILES string of the molecule is CCNC(=O)CC1C(=O)N(C(=O)C=Cc2ccc(OC)c(OC)c2)c2ccccc21. The number of methoxy groups -OCH3 is 2. The molecule has 7 nitrogen and oxygen atoms in total. The Hall–Kier alpha value is -3.61. The zero-order chi connectivity index (χ0) is 21.7. The van der Waals surface area contributed by atoms with Crippen molar-refractivity contribution in [3.63, 3.8) is 0 Å². The zero-order valence-corrected chi connectivity index (χ0v) is 17.2. The summed E-state index contributed by atoms with van der Waals surface area (Å²) in [6.45, 7) is 2.30. The maximum Gasteiger partial charge on any atom is 0.257 e. The third-order valence-electron chi connectivity index (χ3n) is 4.88. The number of nitrogens with zero attached hydrogens (tertiary/aromatic N) is 1. The van der Waals surface area contributed by atoms with E-state index in [0.29, 0.717) is 29.3 Å². The largest absolute Gasteiger partial charge is 0.493 e. The summed E-state index contributed by atoms with van der Waals surface area (Å²) in [5.41, 5.74) is 1.92. The van der Waals surface area contributed by atoms with E-state index in [1.54, 1.807) is 55.7 Å². The van der Waals surface area contributed by atoms with Crippen molar-refractivity contribution in [1.29, 1.82) is 0 Å². The summed E-state index contributed by atoms with van der Waals surface area (Å²) in [7, 11) is 3.08. The molecule has 2 aromatic carbocycles. The Bertz CT molecular complexity index is 999. The Labute approximate surface area is 175 Å². The van der Waals surface area contributed by atoms with Crippen LogP contribution in [-0.2, 0) is 14.4 Å². The Morgan fingerprint density at radius 3 is 2.53 bits per heavy atom. The number of carbonyl (C=O) groups excluding carboxylic acids is 3. The van der Waals surface area contributed by atoms with Gasteiger partial charge in [-0.05, 0) is 42.3 Å². The second-order valence-electron chi connectivity index (χ2n) is 6.73. The van der Waals surface area contributed by atoms with Gasteiger partial charge >= 0.3 is 0 Å². The molecule has 0 bridgehead atoms. The highest BCUT2D eigenvalue weighted by Gasteiger charge is 2.40. The summed E-state index contributed by atoms with van der Waals surface area (Å²) in [5.74, 6) is -0.647. The minimum absolute atomic E-state index is 0.00681. The standard InChI is InChI=1S/C23H24N2O5/c1-4-24-21(26)14-17-16-7-5-6-8-18(16)25(23(17)28)22(27)12-10-15-9-11-19(29-2)20(13-15)30-3/h5-13,17H,4,14H2,1-3H3,(H,24,26). The van der Waals surface area contributed by atoms with Crippen LogP contribution in [0.2, 0.25) is 0 Å². The van der Waals surface area contributed by atoms with Crippen molar-refractivity contribution in [2.75, 3.05) is 25.7 Å². The van der Waals surface area contributed by atoms with Gasteiger partial charge in [0.15, 0.2) is 11.5 Å². The van der Waals surface area contributed by atoms with Gasteiger partial charge in [-0.3, -0.25) is 14.4 Å². The Morgan fingerprint density at radius 2 is 1.83 bits per heavy atom. The first-order chi connectivity index (χ1) is 14.5. The zero-order valence-electron chi connectivity index (χ0n) is 17.2. The summed E-state index contributed by atoms with van der Waals surface area (Å²) in [4.78, 5) is 39.1. The van der Waals surface area contributed by atoms with Gasteiger partial charge in [0.1, 0.15) is 0 Å². The molecule has 0 saturated heterocycles. The van der Waals surface area contributed by atoms with E-state index >= 15 is 0 Å². The molecule has 0 aromatic heterocycles. The molecule has 1 heterocycles. The molecular weight excluding hydrogens is 384 g/mol. The number of imide groups is 1. The molecule has 0 spiro atoms. The molecule has 1 aliphatic rings. The maximum absolute atomic E-state index is 13.0. The highest BCUT2D eigenvalue weighted by atomic mass is 16.5. The molecule has 2 aromatic rings. The number of para-hydroxylation sites is 1. The molecule has 0 radical (unpaired) electrons. The van der Waals surface area contributed by atoms with Crippen LogP contribution in [0.4, 0.5) is 5.69 Å². The van der Waals surface area contributed by atoms with Gasteiger partial charge in [0.2, 0.25) is 11.8 Å². The fourth-order valence-electron chi connectivity index (χ4n) is 3.47. The molecule has 0 fully saturated rings. The van der Waals surface area contributed by atoms with E-state index in [0.717, 1.165) is 10.5 Å². The minimum Gasteiger partial charge on any atom is -0.493 e. The lowest BCUT2D eigenvalue weighted by atomic mass is 9.97. The quantitative estimate of drug-likeness (QED) is 0.712. The molecule has 1 atom stereocenters. The third kappa shape index (κ3) is 4.20. The fraction of sp³-hybridized carbons (Fsp3) is 0.261.